The van der Waals surface area contributed by atoms with Gasteiger partial charge >= 0.3 is 5.97 Å². The third-order valence-corrected chi connectivity index (χ3v) is 7.12. The van der Waals surface area contributed by atoms with Crippen molar-refractivity contribution in [1.82, 2.24) is 4.90 Å². The van der Waals surface area contributed by atoms with Crippen LogP contribution in [-0.4, -0.2) is 62.3 Å². The zero-order valence-corrected chi connectivity index (χ0v) is 21.8. The van der Waals surface area contributed by atoms with Crippen molar-refractivity contribution in [3.63, 3.8) is 0 Å². The van der Waals surface area contributed by atoms with Crippen LogP contribution in [0.3, 0.4) is 0 Å². The molecule has 2 aliphatic rings. The maximum absolute atomic E-state index is 15.1. The van der Waals surface area contributed by atoms with E-state index in [1.807, 2.05) is 29.2 Å². The number of halogens is 2. The number of methoxy groups -OCH3 is 2. The predicted octanol–water partition coefficient (Wildman–Crippen LogP) is 5.16. The van der Waals surface area contributed by atoms with Gasteiger partial charge < -0.3 is 29.3 Å². The minimum atomic E-state index is -1.05. The summed E-state index contributed by atoms with van der Waals surface area (Å²) in [4.78, 5) is 22.8. The first-order chi connectivity index (χ1) is 18.9. The summed E-state index contributed by atoms with van der Waals surface area (Å²) in [6, 6.07) is 16.5. The molecule has 0 bridgehead atoms. The van der Waals surface area contributed by atoms with Gasteiger partial charge in [-0.2, -0.15) is 0 Å². The average Bonchev–Trinajstić information content (AvgIpc) is 2.97. The minimum absolute atomic E-state index is 0.117. The van der Waals surface area contributed by atoms with E-state index >= 15 is 4.39 Å². The Hall–Kier alpha value is -4.34. The summed E-state index contributed by atoms with van der Waals surface area (Å²) in [7, 11) is 3.13. The monoisotopic (exact) mass is 536 g/mol. The van der Waals surface area contributed by atoms with E-state index in [4.69, 9.17) is 14.5 Å². The number of piperazine rings is 1. The fraction of sp³-hybridized carbons (Fsp3) is 0.310. The zero-order valence-electron chi connectivity index (χ0n) is 21.8. The number of aliphatic carboxylic acids is 1. The number of carboxylic acids is 1. The highest BCUT2D eigenvalue weighted by molar-refractivity contribution is 6.02. The topological polar surface area (TPSA) is 77.8 Å². The van der Waals surface area contributed by atoms with Gasteiger partial charge in [0, 0.05) is 43.5 Å². The molecular weight excluding hydrogens is 506 g/mol. The number of aliphatic imine (C=N–C) groups is 1. The van der Waals surface area contributed by atoms with Crippen molar-refractivity contribution in [2.24, 2.45) is 4.99 Å². The van der Waals surface area contributed by atoms with Crippen LogP contribution >= 0.6 is 0 Å². The molecule has 39 heavy (non-hydrogen) atoms. The molecule has 0 aliphatic carbocycles. The first-order valence-electron chi connectivity index (χ1n) is 12.7. The van der Waals surface area contributed by atoms with Gasteiger partial charge in [-0.15, -0.1) is 0 Å². The molecule has 0 spiro atoms. The highest BCUT2D eigenvalue weighted by Crippen LogP contribution is 2.44. The molecule has 2 heterocycles. The van der Waals surface area contributed by atoms with Crippen molar-refractivity contribution >= 4 is 29.0 Å². The number of hydrogen-bond acceptors (Lipinski definition) is 7. The smallest absolute Gasteiger partial charge is 0.305 e. The summed E-state index contributed by atoms with van der Waals surface area (Å²) < 4.78 is 39.8. The molecule has 0 amide bonds. The molecule has 10 heteroatoms. The molecule has 0 aromatic heterocycles. The minimum Gasteiger partial charge on any atom is -0.497 e. The number of carbonyl (C=O) groups is 1. The fourth-order valence-corrected chi connectivity index (χ4v) is 5.20. The second-order valence-electron chi connectivity index (χ2n) is 9.39. The van der Waals surface area contributed by atoms with E-state index in [1.54, 1.807) is 42.3 Å². The molecule has 1 N–H and O–H groups in total. The van der Waals surface area contributed by atoms with Crippen LogP contribution in [0.5, 0.6) is 11.5 Å². The molecule has 204 valence electrons. The molecule has 1 atom stereocenters. The summed E-state index contributed by atoms with van der Waals surface area (Å²) in [5.74, 6) is 0.0225. The maximum atomic E-state index is 15.1. The first kappa shape index (κ1) is 26.3. The summed E-state index contributed by atoms with van der Waals surface area (Å²) in [5, 5.41) is 9.87. The molecule has 1 unspecified atom stereocenters. The van der Waals surface area contributed by atoms with Gasteiger partial charge in [-0.05, 0) is 35.9 Å². The fourth-order valence-electron chi connectivity index (χ4n) is 5.20. The molecule has 5 rings (SSSR count). The van der Waals surface area contributed by atoms with Crippen LogP contribution in [0.1, 0.15) is 23.6 Å². The van der Waals surface area contributed by atoms with Gasteiger partial charge in [0.2, 0.25) is 5.96 Å². The van der Waals surface area contributed by atoms with E-state index in [1.165, 1.54) is 13.2 Å². The Balaban J connectivity index is 1.58. The van der Waals surface area contributed by atoms with Crippen molar-refractivity contribution in [1.29, 1.82) is 0 Å². The second kappa shape index (κ2) is 11.2. The number of anilines is 2. The predicted molar refractivity (Wildman–Crippen MR) is 146 cm³/mol. The van der Waals surface area contributed by atoms with Crippen LogP contribution < -0.4 is 19.3 Å². The van der Waals surface area contributed by atoms with E-state index < -0.39 is 24.5 Å². The standard InChI is InChI=1S/C29H30F2N4O4/c1-38-21-6-3-5-20(16-21)33-11-13-34(14-12-33)29-32-28-22(7-4-8-23(28)31)24(17-27(36)37)35(29)25-15-19(18-30)9-10-26(25)39-2/h3-10,15-16,24H,11-14,17-18H2,1-2H3,(H,36,37). The number of hydrogen-bond donors (Lipinski definition) is 1. The number of fused-ring (bicyclic) bond motifs is 1. The van der Waals surface area contributed by atoms with E-state index in [2.05, 4.69) is 4.90 Å². The van der Waals surface area contributed by atoms with E-state index in [-0.39, 0.29) is 12.1 Å². The first-order valence-corrected chi connectivity index (χ1v) is 12.7. The number of ether oxygens (including phenoxy) is 2. The number of guanidine groups is 1. The Morgan fingerprint density at radius 1 is 1.00 bits per heavy atom. The largest absolute Gasteiger partial charge is 0.497 e. The average molecular weight is 537 g/mol. The lowest BCUT2D eigenvalue weighted by atomic mass is 9.96. The van der Waals surface area contributed by atoms with Crippen LogP contribution in [0.2, 0.25) is 0 Å². The van der Waals surface area contributed by atoms with Crippen molar-refractivity contribution in [3.05, 3.63) is 77.6 Å². The van der Waals surface area contributed by atoms with Crippen molar-refractivity contribution in [3.8, 4) is 11.5 Å². The normalized spacial score (nSPS) is 17.0. The third-order valence-electron chi connectivity index (χ3n) is 7.12. The highest BCUT2D eigenvalue weighted by atomic mass is 19.1. The van der Waals surface area contributed by atoms with E-state index in [0.717, 1.165) is 11.4 Å². The van der Waals surface area contributed by atoms with Crippen LogP contribution in [0.4, 0.5) is 25.8 Å². The number of carboxylic acid groups (broad SMARTS) is 1. The van der Waals surface area contributed by atoms with Gasteiger partial charge in [0.05, 0.1) is 32.4 Å². The Morgan fingerprint density at radius 2 is 1.74 bits per heavy atom. The van der Waals surface area contributed by atoms with Crippen LogP contribution in [0, 0.1) is 5.82 Å². The molecule has 0 radical (unpaired) electrons. The van der Waals surface area contributed by atoms with Gasteiger partial charge in [-0.25, -0.2) is 13.8 Å². The summed E-state index contributed by atoms with van der Waals surface area (Å²) in [6.45, 7) is 1.68. The van der Waals surface area contributed by atoms with Gasteiger partial charge in [0.15, 0.2) is 0 Å². The number of rotatable bonds is 7. The Bertz CT molecular complexity index is 1390. The molecule has 2 aliphatic heterocycles. The number of benzene rings is 3. The number of alkyl halides is 1. The van der Waals surface area contributed by atoms with Crippen LogP contribution in [0.15, 0.2) is 65.7 Å². The van der Waals surface area contributed by atoms with Crippen molar-refractivity contribution in [2.75, 3.05) is 50.2 Å². The van der Waals surface area contributed by atoms with Gasteiger partial charge in [0.25, 0.3) is 0 Å². The van der Waals surface area contributed by atoms with Gasteiger partial charge in [-0.3, -0.25) is 4.79 Å². The summed E-state index contributed by atoms with van der Waals surface area (Å²) in [6.07, 6.45) is -0.317. The maximum Gasteiger partial charge on any atom is 0.305 e. The second-order valence-corrected chi connectivity index (χ2v) is 9.39. The highest BCUT2D eigenvalue weighted by Gasteiger charge is 2.38. The lowest BCUT2D eigenvalue weighted by Gasteiger charge is -2.45. The lowest BCUT2D eigenvalue weighted by molar-refractivity contribution is -0.137. The third kappa shape index (κ3) is 5.19. The molecule has 1 saturated heterocycles. The number of nitrogens with zero attached hydrogens (tertiary/aromatic N) is 4. The lowest BCUT2D eigenvalue weighted by Crippen LogP contribution is -2.55. The van der Waals surface area contributed by atoms with Gasteiger partial charge in [-0.1, -0.05) is 24.3 Å². The molecule has 0 saturated carbocycles. The summed E-state index contributed by atoms with van der Waals surface area (Å²) >= 11 is 0. The molecule has 1 fully saturated rings. The Morgan fingerprint density at radius 3 is 2.44 bits per heavy atom. The zero-order chi connectivity index (χ0) is 27.5. The molecular formula is C29H30F2N4O4. The Labute approximate surface area is 225 Å². The van der Waals surface area contributed by atoms with Crippen LogP contribution in [0.25, 0.3) is 0 Å². The van der Waals surface area contributed by atoms with Crippen molar-refractivity contribution in [2.45, 2.75) is 19.1 Å². The van der Waals surface area contributed by atoms with Crippen LogP contribution in [-0.2, 0) is 11.5 Å². The molecule has 3 aromatic carbocycles. The van der Waals surface area contributed by atoms with E-state index in [0.29, 0.717) is 54.7 Å². The quantitative estimate of drug-likeness (QED) is 0.447. The SMILES string of the molecule is COc1cccc(N2CCN(C3=Nc4c(F)cccc4C(CC(=O)O)N3c3cc(CF)ccc3OC)CC2)c1. The van der Waals surface area contributed by atoms with Gasteiger partial charge in [0.1, 0.15) is 29.7 Å². The Kier molecular flexibility index (Phi) is 7.53. The molecule has 3 aromatic rings. The van der Waals surface area contributed by atoms with Crippen molar-refractivity contribution < 1.29 is 28.2 Å². The van der Waals surface area contributed by atoms with E-state index in [9.17, 15) is 14.3 Å². The summed E-state index contributed by atoms with van der Waals surface area (Å²) in [5.41, 5.74) is 2.47. The molecule has 8 nitrogen and oxygen atoms in total. The number of para-hydroxylation sites is 1.